The molecule has 0 aliphatic carbocycles. The lowest BCUT2D eigenvalue weighted by Crippen LogP contribution is -2.34. The molecule has 0 bridgehead atoms. The van der Waals surface area contributed by atoms with Gasteiger partial charge >= 0.3 is 0 Å². The quantitative estimate of drug-likeness (QED) is 0.646. The summed E-state index contributed by atoms with van der Waals surface area (Å²) in [5.74, 6) is 0.558. The van der Waals surface area contributed by atoms with Gasteiger partial charge in [-0.15, -0.1) is 0 Å². The van der Waals surface area contributed by atoms with Crippen LogP contribution in [0.1, 0.15) is 26.2 Å². The smallest absolute Gasteiger partial charge is 0.151 e. The molecule has 19 heavy (non-hydrogen) atoms. The number of sulfone groups is 1. The van der Waals surface area contributed by atoms with E-state index in [0.29, 0.717) is 12.3 Å². The number of rotatable bonds is 8. The summed E-state index contributed by atoms with van der Waals surface area (Å²) >= 11 is 0. The van der Waals surface area contributed by atoms with Gasteiger partial charge in [-0.25, -0.2) is 8.42 Å². The van der Waals surface area contributed by atoms with E-state index in [0.717, 1.165) is 52.1 Å². The lowest BCUT2D eigenvalue weighted by atomic mass is 10.3. The van der Waals surface area contributed by atoms with E-state index in [-0.39, 0.29) is 5.75 Å². The lowest BCUT2D eigenvalue weighted by molar-refractivity contribution is 0.260. The molecule has 0 radical (unpaired) electrons. The molecule has 2 N–H and O–H groups in total. The number of nitrogens with two attached hydrogens (primary N) is 1. The molecule has 5 nitrogen and oxygen atoms in total. The molecule has 114 valence electrons. The molecule has 1 aliphatic heterocycles. The molecule has 1 saturated heterocycles. The van der Waals surface area contributed by atoms with E-state index < -0.39 is 9.84 Å². The van der Waals surface area contributed by atoms with Gasteiger partial charge < -0.3 is 15.5 Å². The van der Waals surface area contributed by atoms with Gasteiger partial charge in [0.05, 0.1) is 5.75 Å². The van der Waals surface area contributed by atoms with Crippen molar-refractivity contribution in [3.8, 4) is 0 Å². The second-order valence-corrected chi connectivity index (χ2v) is 7.74. The van der Waals surface area contributed by atoms with Crippen molar-refractivity contribution < 1.29 is 8.42 Å². The maximum Gasteiger partial charge on any atom is 0.151 e. The average Bonchev–Trinajstić information content (AvgIpc) is 2.62. The first-order valence-electron chi connectivity index (χ1n) is 7.42. The topological polar surface area (TPSA) is 66.6 Å². The SMILES string of the molecule is CCS(=O)(=O)CCN1CCCN(CCCCN)CC1. The van der Waals surface area contributed by atoms with E-state index in [1.54, 1.807) is 6.92 Å². The second kappa shape index (κ2) is 8.89. The van der Waals surface area contributed by atoms with Gasteiger partial charge in [-0.3, -0.25) is 0 Å². The molecule has 0 aromatic heterocycles. The zero-order valence-electron chi connectivity index (χ0n) is 12.2. The van der Waals surface area contributed by atoms with Crippen molar-refractivity contribution in [3.05, 3.63) is 0 Å². The summed E-state index contributed by atoms with van der Waals surface area (Å²) in [5, 5.41) is 0. The normalized spacial score (nSPS) is 19.5. The number of unbranched alkanes of at least 4 members (excludes halogenated alkanes) is 1. The Morgan fingerprint density at radius 3 is 2.21 bits per heavy atom. The summed E-state index contributed by atoms with van der Waals surface area (Å²) in [6.45, 7) is 8.49. The molecule has 0 aromatic carbocycles. The maximum absolute atomic E-state index is 11.5. The molecule has 0 saturated carbocycles. The van der Waals surface area contributed by atoms with Crippen molar-refractivity contribution in [2.45, 2.75) is 26.2 Å². The first-order valence-corrected chi connectivity index (χ1v) is 9.24. The Balaban J connectivity index is 2.25. The largest absolute Gasteiger partial charge is 0.330 e. The highest BCUT2D eigenvalue weighted by atomic mass is 32.2. The lowest BCUT2D eigenvalue weighted by Gasteiger charge is -2.21. The fourth-order valence-electron chi connectivity index (χ4n) is 2.36. The summed E-state index contributed by atoms with van der Waals surface area (Å²) < 4.78 is 23.0. The van der Waals surface area contributed by atoms with Crippen molar-refractivity contribution in [3.63, 3.8) is 0 Å². The first-order chi connectivity index (χ1) is 9.07. The molecule has 1 aliphatic rings. The molecule has 1 rings (SSSR count). The van der Waals surface area contributed by atoms with Crippen LogP contribution in [0.4, 0.5) is 0 Å². The third kappa shape index (κ3) is 7.25. The Kier molecular flexibility index (Phi) is 7.90. The summed E-state index contributed by atoms with van der Waals surface area (Å²) in [7, 11) is -2.83. The molecule has 0 spiro atoms. The van der Waals surface area contributed by atoms with E-state index in [2.05, 4.69) is 9.80 Å². The van der Waals surface area contributed by atoms with E-state index in [1.807, 2.05) is 0 Å². The van der Waals surface area contributed by atoms with Gasteiger partial charge in [-0.2, -0.15) is 0 Å². The van der Waals surface area contributed by atoms with Crippen LogP contribution >= 0.6 is 0 Å². The minimum atomic E-state index is -2.83. The summed E-state index contributed by atoms with van der Waals surface area (Å²) in [4.78, 5) is 4.76. The third-order valence-corrected chi connectivity index (χ3v) is 5.45. The van der Waals surface area contributed by atoms with Crippen LogP contribution in [0.5, 0.6) is 0 Å². The molecular weight excluding hydrogens is 262 g/mol. The predicted molar refractivity (Wildman–Crippen MR) is 80.1 cm³/mol. The molecule has 1 heterocycles. The molecule has 0 unspecified atom stereocenters. The van der Waals surface area contributed by atoms with Crippen molar-refractivity contribution in [1.82, 2.24) is 9.80 Å². The van der Waals surface area contributed by atoms with Gasteiger partial charge in [0.15, 0.2) is 9.84 Å². The van der Waals surface area contributed by atoms with Crippen molar-refractivity contribution >= 4 is 9.84 Å². The summed E-state index contributed by atoms with van der Waals surface area (Å²) in [5.41, 5.74) is 5.51. The monoisotopic (exact) mass is 291 g/mol. The van der Waals surface area contributed by atoms with Crippen LogP contribution in [0.2, 0.25) is 0 Å². The number of hydrogen-bond acceptors (Lipinski definition) is 5. The van der Waals surface area contributed by atoms with E-state index >= 15 is 0 Å². The van der Waals surface area contributed by atoms with Gasteiger partial charge in [0.1, 0.15) is 0 Å². The molecule has 1 fully saturated rings. The van der Waals surface area contributed by atoms with Crippen LogP contribution in [-0.2, 0) is 9.84 Å². The Bertz CT molecular complexity index is 333. The fraction of sp³-hybridized carbons (Fsp3) is 1.00. The second-order valence-electron chi connectivity index (χ2n) is 5.27. The van der Waals surface area contributed by atoms with Crippen LogP contribution in [0.15, 0.2) is 0 Å². The zero-order chi connectivity index (χ0) is 14.1. The molecule has 0 aromatic rings. The summed E-state index contributed by atoms with van der Waals surface area (Å²) in [6, 6.07) is 0. The van der Waals surface area contributed by atoms with Crippen molar-refractivity contribution in [1.29, 1.82) is 0 Å². The summed E-state index contributed by atoms with van der Waals surface area (Å²) in [6.07, 6.45) is 3.39. The highest BCUT2D eigenvalue weighted by Gasteiger charge is 2.16. The highest BCUT2D eigenvalue weighted by molar-refractivity contribution is 7.91. The van der Waals surface area contributed by atoms with Gasteiger partial charge in [-0.1, -0.05) is 6.92 Å². The van der Waals surface area contributed by atoms with E-state index in [1.165, 1.54) is 6.42 Å². The third-order valence-electron chi connectivity index (χ3n) is 3.77. The molecule has 6 heteroatoms. The first kappa shape index (κ1) is 16.9. The number of nitrogens with zero attached hydrogens (tertiary/aromatic N) is 2. The van der Waals surface area contributed by atoms with Crippen LogP contribution < -0.4 is 5.73 Å². The van der Waals surface area contributed by atoms with Crippen LogP contribution in [0, 0.1) is 0 Å². The van der Waals surface area contributed by atoms with Crippen LogP contribution in [0.3, 0.4) is 0 Å². The standard InChI is InChI=1S/C13H29N3O2S/c1-2-19(17,18)13-12-16-9-5-8-15(10-11-16)7-4-3-6-14/h2-14H2,1H3. The minimum Gasteiger partial charge on any atom is -0.330 e. The minimum absolute atomic E-state index is 0.256. The van der Waals surface area contributed by atoms with E-state index in [4.69, 9.17) is 5.73 Å². The Morgan fingerprint density at radius 2 is 1.63 bits per heavy atom. The van der Waals surface area contributed by atoms with Crippen LogP contribution in [0.25, 0.3) is 0 Å². The van der Waals surface area contributed by atoms with Gasteiger partial charge in [0.2, 0.25) is 0 Å². The maximum atomic E-state index is 11.5. The zero-order valence-corrected chi connectivity index (χ0v) is 13.0. The fourth-order valence-corrected chi connectivity index (χ4v) is 3.19. The van der Waals surface area contributed by atoms with Crippen LogP contribution in [-0.4, -0.2) is 75.5 Å². The van der Waals surface area contributed by atoms with Crippen molar-refractivity contribution in [2.75, 3.05) is 57.3 Å². The highest BCUT2D eigenvalue weighted by Crippen LogP contribution is 2.05. The number of hydrogen-bond donors (Lipinski definition) is 1. The van der Waals surface area contributed by atoms with Gasteiger partial charge in [0, 0.05) is 25.4 Å². The Hall–Kier alpha value is -0.170. The predicted octanol–water partition coefficient (Wildman–Crippen LogP) is 0.168. The van der Waals surface area contributed by atoms with E-state index in [9.17, 15) is 8.42 Å². The molecular formula is C13H29N3O2S. The van der Waals surface area contributed by atoms with Crippen molar-refractivity contribution in [2.24, 2.45) is 5.73 Å². The average molecular weight is 291 g/mol. The Labute approximate surface area is 118 Å². The Morgan fingerprint density at radius 1 is 1.00 bits per heavy atom. The molecule has 0 amide bonds. The van der Waals surface area contributed by atoms with Gasteiger partial charge in [-0.05, 0) is 45.4 Å². The molecule has 0 atom stereocenters. The van der Waals surface area contributed by atoms with Gasteiger partial charge in [0.25, 0.3) is 0 Å².